The number of unbranched alkanes of at least 4 members (excludes halogenated alkanes) is 26. The zero-order valence-corrected chi connectivity index (χ0v) is 59.9. The standard InChI is InChI=1S/C75H120N6O2S4/c1-11-17-23-29-33-39-45-55(43-37-27-21-15-5)53-80-65(63-64(72(80)83)66(70-79-52-62(87-70)74(9,10)77)81(71(63)82)54-56(44-38-28-22-16-6)46-40-34-30-24-18-12-2)69-78-51-60(85-69)59-49-57-67(84-59)68-58(50-61(86-68)73(7,8)76)75(57,47-41-35-31-25-19-13-3)48-42-36-32-26-20-14-4/h49-52,55-56H,11-48,53-54,76-77H2,1-10H3. The zero-order chi connectivity index (χ0) is 62.4. The van der Waals surface area contributed by atoms with E-state index in [9.17, 15) is 0 Å². The van der Waals surface area contributed by atoms with Gasteiger partial charge in [-0.05, 0) is 101 Å². The summed E-state index contributed by atoms with van der Waals surface area (Å²) in [5.74, 6) is 0.507. The molecule has 2 unspecified atom stereocenters. The summed E-state index contributed by atoms with van der Waals surface area (Å²) >= 11 is 7.10. The highest BCUT2D eigenvalue weighted by molar-refractivity contribution is 7.27. The summed E-state index contributed by atoms with van der Waals surface area (Å²) in [7, 11) is 0. The summed E-state index contributed by atoms with van der Waals surface area (Å²) in [5.41, 5.74) is 18.2. The minimum absolute atomic E-state index is 0.0581. The van der Waals surface area contributed by atoms with Gasteiger partial charge in [0.05, 0.1) is 27.4 Å². The molecule has 2 atom stereocenters. The van der Waals surface area contributed by atoms with Crippen LogP contribution in [0.2, 0.25) is 0 Å². The minimum atomic E-state index is -0.624. The van der Waals surface area contributed by atoms with Crippen LogP contribution in [0.3, 0.4) is 0 Å². The molecule has 2 aliphatic heterocycles. The molecule has 0 saturated carbocycles. The molecule has 4 N–H and O–H groups in total. The van der Waals surface area contributed by atoms with Gasteiger partial charge in [-0.15, -0.1) is 45.3 Å². The zero-order valence-electron chi connectivity index (χ0n) is 56.6. The van der Waals surface area contributed by atoms with E-state index in [1.807, 2.05) is 47.6 Å². The third-order valence-electron chi connectivity index (χ3n) is 19.5. The highest BCUT2D eigenvalue weighted by Gasteiger charge is 2.52. The molecule has 0 aromatic carbocycles. The maximum atomic E-state index is 16.2. The van der Waals surface area contributed by atoms with Crippen LogP contribution in [-0.4, -0.2) is 44.7 Å². The van der Waals surface area contributed by atoms with E-state index >= 15 is 9.59 Å². The van der Waals surface area contributed by atoms with Crippen molar-refractivity contribution in [3.8, 4) is 19.5 Å². The number of hydrogen-bond acceptors (Lipinski definition) is 10. The summed E-state index contributed by atoms with van der Waals surface area (Å²) in [6, 6.07) is 5.07. The lowest BCUT2D eigenvalue weighted by Gasteiger charge is -2.32. The number of fused-ring (bicyclic) bond motifs is 4. The van der Waals surface area contributed by atoms with Crippen LogP contribution in [0.15, 0.2) is 35.7 Å². The van der Waals surface area contributed by atoms with Gasteiger partial charge in [0.1, 0.15) is 10.0 Å². The van der Waals surface area contributed by atoms with Crippen LogP contribution in [0.4, 0.5) is 0 Å². The lowest BCUT2D eigenvalue weighted by Crippen LogP contribution is -2.35. The highest BCUT2D eigenvalue weighted by Crippen LogP contribution is 2.62. The number of aromatic nitrogens is 2. The molecule has 0 saturated heterocycles. The normalized spacial score (nSPS) is 15.7. The van der Waals surface area contributed by atoms with Gasteiger partial charge in [-0.25, -0.2) is 9.97 Å². The van der Waals surface area contributed by atoms with Gasteiger partial charge in [-0.3, -0.25) is 9.59 Å². The average molecular weight is 1270 g/mol. The van der Waals surface area contributed by atoms with E-state index < -0.39 is 11.1 Å². The van der Waals surface area contributed by atoms with E-state index in [2.05, 4.69) is 78.6 Å². The molecule has 4 aromatic heterocycles. The summed E-state index contributed by atoms with van der Waals surface area (Å²) < 4.78 is 0. The molecule has 4 aromatic rings. The molecular weight excluding hydrogens is 1150 g/mol. The molecule has 0 radical (unpaired) electrons. The molecule has 0 bridgehead atoms. The number of thiazole rings is 2. The number of hydrogen-bond donors (Lipinski definition) is 2. The third-order valence-corrected chi connectivity index (χ3v) is 24.8. The number of amides is 2. The van der Waals surface area contributed by atoms with E-state index in [1.54, 1.807) is 22.7 Å². The van der Waals surface area contributed by atoms with Crippen molar-refractivity contribution < 1.29 is 9.59 Å². The molecule has 1 aliphatic carbocycles. The lowest BCUT2D eigenvalue weighted by atomic mass is 9.71. The molecule has 0 spiro atoms. The first-order valence-corrected chi connectivity index (χ1v) is 39.3. The molecule has 87 heavy (non-hydrogen) atoms. The SMILES string of the molecule is CCCCCCCCC(CCCCCC)CN1C(=O)C2=C(c3ncc(C(C)(C)N)s3)N(CC(CCCCCC)CCCCCCCC)C(=O)C2=C1c1ncc(-c2cc3c(s2)-c2sc(C(C)(C)N)cc2C3(CCCCCCCC)CCCCCCCC)s1. The van der Waals surface area contributed by atoms with Crippen LogP contribution in [0.1, 0.15) is 344 Å². The van der Waals surface area contributed by atoms with Gasteiger partial charge in [-0.2, -0.15) is 0 Å². The fourth-order valence-corrected chi connectivity index (χ4v) is 18.9. The minimum Gasteiger partial charge on any atom is -0.321 e. The maximum absolute atomic E-state index is 16.2. The fourth-order valence-electron chi connectivity index (χ4n) is 14.2. The first-order chi connectivity index (χ1) is 42.1. The Bertz CT molecular complexity index is 2760. The second kappa shape index (κ2) is 35.7. The predicted octanol–water partition coefficient (Wildman–Crippen LogP) is 23.0. The van der Waals surface area contributed by atoms with E-state index in [1.165, 1.54) is 210 Å². The van der Waals surface area contributed by atoms with Gasteiger partial charge in [0.25, 0.3) is 11.8 Å². The van der Waals surface area contributed by atoms with Crippen LogP contribution in [0.5, 0.6) is 0 Å². The first-order valence-electron chi connectivity index (χ1n) is 36.0. The van der Waals surface area contributed by atoms with Crippen molar-refractivity contribution in [3.63, 3.8) is 0 Å². The van der Waals surface area contributed by atoms with Crippen LogP contribution < -0.4 is 11.5 Å². The average Bonchev–Trinajstić information content (AvgIpc) is 1.59. The summed E-state index contributed by atoms with van der Waals surface area (Å²) in [4.78, 5) is 54.3. The van der Waals surface area contributed by atoms with E-state index in [-0.39, 0.29) is 17.2 Å². The Morgan fingerprint density at radius 1 is 0.425 bits per heavy atom. The molecule has 7 rings (SSSR count). The second-order valence-corrected chi connectivity index (χ2v) is 32.3. The quantitative estimate of drug-likeness (QED) is 0.0426. The number of carbonyl (C=O) groups excluding carboxylic acids is 2. The van der Waals surface area contributed by atoms with Crippen LogP contribution in [-0.2, 0) is 26.1 Å². The van der Waals surface area contributed by atoms with Gasteiger partial charge >= 0.3 is 0 Å². The Kier molecular flexibility index (Phi) is 29.3. The van der Waals surface area contributed by atoms with Gasteiger partial charge in [-0.1, -0.05) is 247 Å². The molecule has 2 amide bonds. The van der Waals surface area contributed by atoms with Crippen molar-refractivity contribution in [2.24, 2.45) is 23.3 Å². The van der Waals surface area contributed by atoms with Crippen LogP contribution in [0.25, 0.3) is 30.9 Å². The largest absolute Gasteiger partial charge is 0.321 e. The smallest absolute Gasteiger partial charge is 0.261 e. The number of nitrogens with two attached hydrogens (primary N) is 2. The fraction of sp³-hybridized carbons (Fsp3) is 0.733. The van der Waals surface area contributed by atoms with E-state index in [4.69, 9.17) is 21.4 Å². The number of nitrogens with zero attached hydrogens (tertiary/aromatic N) is 4. The van der Waals surface area contributed by atoms with Crippen LogP contribution in [0, 0.1) is 11.8 Å². The second-order valence-electron chi connectivity index (χ2n) is 28.1. The number of carbonyl (C=O) groups is 2. The lowest BCUT2D eigenvalue weighted by molar-refractivity contribution is -0.124. The van der Waals surface area contributed by atoms with Crippen molar-refractivity contribution in [1.29, 1.82) is 0 Å². The topological polar surface area (TPSA) is 118 Å². The summed E-state index contributed by atoms with van der Waals surface area (Å²) in [6.07, 6.45) is 50.4. The molecule has 6 heterocycles. The molecular formula is C75H120N6O2S4. The Morgan fingerprint density at radius 2 is 0.782 bits per heavy atom. The molecule has 486 valence electrons. The predicted molar refractivity (Wildman–Crippen MR) is 380 cm³/mol. The number of thiophene rings is 2. The number of rotatable bonds is 47. The van der Waals surface area contributed by atoms with Gasteiger partial charge < -0.3 is 21.3 Å². The van der Waals surface area contributed by atoms with Crippen molar-refractivity contribution >= 4 is 68.6 Å². The Balaban J connectivity index is 1.36. The first kappa shape index (κ1) is 71.4. The van der Waals surface area contributed by atoms with E-state index in [0.717, 1.165) is 89.7 Å². The van der Waals surface area contributed by atoms with Gasteiger partial charge in [0, 0.05) is 66.4 Å². The molecule has 0 fully saturated rings. The van der Waals surface area contributed by atoms with Crippen molar-refractivity contribution in [2.75, 3.05) is 13.1 Å². The van der Waals surface area contributed by atoms with Crippen LogP contribution >= 0.6 is 45.3 Å². The molecule has 12 heteroatoms. The summed E-state index contributed by atoms with van der Waals surface area (Å²) in [5, 5.41) is 1.49. The Labute approximate surface area is 546 Å². The molecule has 3 aliphatic rings. The van der Waals surface area contributed by atoms with Crippen molar-refractivity contribution in [3.05, 3.63) is 66.6 Å². The van der Waals surface area contributed by atoms with Crippen molar-refractivity contribution in [2.45, 2.75) is 330 Å². The Morgan fingerprint density at radius 3 is 1.20 bits per heavy atom. The Hall–Kier alpha value is -3.00. The van der Waals surface area contributed by atoms with E-state index in [0.29, 0.717) is 41.8 Å². The summed E-state index contributed by atoms with van der Waals surface area (Å²) in [6.45, 7) is 23.3. The maximum Gasteiger partial charge on any atom is 0.261 e. The van der Waals surface area contributed by atoms with Gasteiger partial charge in [0.2, 0.25) is 0 Å². The van der Waals surface area contributed by atoms with Gasteiger partial charge in [0.15, 0.2) is 0 Å². The molecule has 8 nitrogen and oxygen atoms in total. The monoisotopic (exact) mass is 1260 g/mol. The van der Waals surface area contributed by atoms with Crippen molar-refractivity contribution in [1.82, 2.24) is 19.8 Å². The highest BCUT2D eigenvalue weighted by atomic mass is 32.1. The third kappa shape index (κ3) is 19.1.